The van der Waals surface area contributed by atoms with Crippen molar-refractivity contribution in [2.24, 2.45) is 0 Å². The molecule has 64 valence electrons. The van der Waals surface area contributed by atoms with Crippen LogP contribution in [0.15, 0.2) is 55.3 Å². The minimum Gasteiger partial charge on any atom is -0.323 e. The van der Waals surface area contributed by atoms with Gasteiger partial charge in [0.05, 0.1) is 5.52 Å². The second kappa shape index (κ2) is 3.31. The molecule has 1 aromatic carbocycles. The highest BCUT2D eigenvalue weighted by Crippen LogP contribution is 2.14. The van der Waals surface area contributed by atoms with E-state index in [0.717, 1.165) is 0 Å². The molecule has 1 heteroatoms. The van der Waals surface area contributed by atoms with Crippen molar-refractivity contribution < 1.29 is 0 Å². The zero-order chi connectivity index (χ0) is 9.10. The zero-order valence-corrected chi connectivity index (χ0v) is 7.35. The Morgan fingerprint density at radius 1 is 1.15 bits per heavy atom. The molecule has 0 aliphatic rings. The van der Waals surface area contributed by atoms with Crippen molar-refractivity contribution in [2.75, 3.05) is 0 Å². The van der Waals surface area contributed by atoms with Gasteiger partial charge in [-0.2, -0.15) is 0 Å². The number of hydrogen-bond acceptors (Lipinski definition) is 0. The fraction of sp³-hybridized carbons (Fsp3) is 0. The lowest BCUT2D eigenvalue weighted by molar-refractivity contribution is 1.23. The maximum atomic E-state index is 3.64. The van der Waals surface area contributed by atoms with Crippen LogP contribution in [0.4, 0.5) is 0 Å². The third kappa shape index (κ3) is 1.41. The SMILES string of the molecule is C=CC=Cn1ccc2ccccc21. The van der Waals surface area contributed by atoms with Crippen LogP contribution in [0, 0.1) is 0 Å². The zero-order valence-electron chi connectivity index (χ0n) is 7.35. The largest absolute Gasteiger partial charge is 0.323 e. The molecule has 13 heavy (non-hydrogen) atoms. The fourth-order valence-corrected chi connectivity index (χ4v) is 1.39. The van der Waals surface area contributed by atoms with Crippen molar-refractivity contribution in [1.82, 2.24) is 4.57 Å². The molecule has 0 bridgehead atoms. The molecule has 0 spiro atoms. The Labute approximate surface area is 77.6 Å². The summed E-state index contributed by atoms with van der Waals surface area (Å²) in [7, 11) is 0. The molecule has 0 saturated carbocycles. The second-order valence-corrected chi connectivity index (χ2v) is 2.86. The van der Waals surface area contributed by atoms with E-state index in [0.29, 0.717) is 0 Å². The summed E-state index contributed by atoms with van der Waals surface area (Å²) in [6.07, 6.45) is 7.74. The molecule has 1 nitrogen and oxygen atoms in total. The van der Waals surface area contributed by atoms with Crippen LogP contribution in [-0.4, -0.2) is 4.57 Å². The van der Waals surface area contributed by atoms with Gasteiger partial charge in [-0.05, 0) is 23.6 Å². The Kier molecular flexibility index (Phi) is 2.01. The average Bonchev–Trinajstić information content (AvgIpc) is 2.58. The Morgan fingerprint density at radius 2 is 2.00 bits per heavy atom. The monoisotopic (exact) mass is 169 g/mol. The lowest BCUT2D eigenvalue weighted by atomic mass is 10.2. The molecule has 0 fully saturated rings. The van der Waals surface area contributed by atoms with Gasteiger partial charge >= 0.3 is 0 Å². The number of nitrogens with zero attached hydrogens (tertiary/aromatic N) is 1. The number of benzene rings is 1. The second-order valence-electron chi connectivity index (χ2n) is 2.86. The molecule has 0 saturated heterocycles. The summed E-state index contributed by atoms with van der Waals surface area (Å²) in [4.78, 5) is 0. The Balaban J connectivity index is 2.57. The summed E-state index contributed by atoms with van der Waals surface area (Å²) in [5.41, 5.74) is 1.22. The van der Waals surface area contributed by atoms with Crippen molar-refractivity contribution in [2.45, 2.75) is 0 Å². The third-order valence-corrected chi connectivity index (χ3v) is 2.01. The number of allylic oxidation sites excluding steroid dienone is 2. The van der Waals surface area contributed by atoms with E-state index >= 15 is 0 Å². The molecule has 0 aliphatic heterocycles. The van der Waals surface area contributed by atoms with Gasteiger partial charge < -0.3 is 4.57 Å². The topological polar surface area (TPSA) is 4.93 Å². The number of para-hydroxylation sites is 1. The fourth-order valence-electron chi connectivity index (χ4n) is 1.39. The Morgan fingerprint density at radius 3 is 2.85 bits per heavy atom. The van der Waals surface area contributed by atoms with E-state index in [4.69, 9.17) is 0 Å². The molecule has 0 amide bonds. The number of aromatic nitrogens is 1. The van der Waals surface area contributed by atoms with E-state index in [-0.39, 0.29) is 0 Å². The Hall–Kier alpha value is -1.76. The van der Waals surface area contributed by atoms with Crippen molar-refractivity contribution in [3.05, 3.63) is 55.3 Å². The van der Waals surface area contributed by atoms with Crippen molar-refractivity contribution in [1.29, 1.82) is 0 Å². The first-order valence-corrected chi connectivity index (χ1v) is 4.26. The summed E-state index contributed by atoms with van der Waals surface area (Å²) in [5, 5.41) is 1.26. The molecule has 2 rings (SSSR count). The van der Waals surface area contributed by atoms with Crippen LogP contribution >= 0.6 is 0 Å². The molecular formula is C12H11N. The van der Waals surface area contributed by atoms with Crippen molar-refractivity contribution in [3.63, 3.8) is 0 Å². The quantitative estimate of drug-likeness (QED) is 0.608. The molecule has 1 heterocycles. The van der Waals surface area contributed by atoms with Gasteiger partial charge in [-0.3, -0.25) is 0 Å². The van der Waals surface area contributed by atoms with Crippen LogP contribution in [0.25, 0.3) is 17.1 Å². The van der Waals surface area contributed by atoms with E-state index in [1.165, 1.54) is 10.9 Å². The van der Waals surface area contributed by atoms with E-state index in [1.54, 1.807) is 6.08 Å². The molecule has 2 aromatic rings. The molecule has 0 aliphatic carbocycles. The van der Waals surface area contributed by atoms with E-state index in [9.17, 15) is 0 Å². The lowest BCUT2D eigenvalue weighted by Crippen LogP contribution is -1.80. The van der Waals surface area contributed by atoms with Crippen LogP contribution in [0.2, 0.25) is 0 Å². The van der Waals surface area contributed by atoms with Gasteiger partial charge in [-0.1, -0.05) is 30.9 Å². The predicted octanol–water partition coefficient (Wildman–Crippen LogP) is 3.30. The number of rotatable bonds is 2. The number of fused-ring (bicyclic) bond motifs is 1. The van der Waals surface area contributed by atoms with Gasteiger partial charge in [0.25, 0.3) is 0 Å². The predicted molar refractivity (Wildman–Crippen MR) is 57.5 cm³/mol. The number of hydrogen-bond donors (Lipinski definition) is 0. The highest BCUT2D eigenvalue weighted by molar-refractivity contribution is 5.81. The van der Waals surface area contributed by atoms with Gasteiger partial charge in [-0.25, -0.2) is 0 Å². The first-order chi connectivity index (χ1) is 6.42. The first kappa shape index (κ1) is 7.87. The average molecular weight is 169 g/mol. The van der Waals surface area contributed by atoms with E-state index in [1.807, 2.05) is 30.6 Å². The van der Waals surface area contributed by atoms with Crippen LogP contribution < -0.4 is 0 Å². The standard InChI is InChI=1S/C12H11N/c1-2-3-9-13-10-8-11-6-4-5-7-12(11)13/h2-10H,1H2. The summed E-state index contributed by atoms with van der Waals surface area (Å²) in [6, 6.07) is 10.4. The van der Waals surface area contributed by atoms with Gasteiger partial charge in [0.2, 0.25) is 0 Å². The normalized spacial score (nSPS) is 11.1. The van der Waals surface area contributed by atoms with Crippen molar-refractivity contribution in [3.8, 4) is 0 Å². The molecular weight excluding hydrogens is 158 g/mol. The summed E-state index contributed by atoms with van der Waals surface area (Å²) < 4.78 is 2.08. The van der Waals surface area contributed by atoms with Gasteiger partial charge in [0, 0.05) is 12.4 Å². The molecule has 1 aromatic heterocycles. The summed E-state index contributed by atoms with van der Waals surface area (Å²) in [5.74, 6) is 0. The van der Waals surface area contributed by atoms with Crippen LogP contribution in [0.5, 0.6) is 0 Å². The molecule has 0 N–H and O–H groups in total. The van der Waals surface area contributed by atoms with Crippen LogP contribution in [0.1, 0.15) is 0 Å². The van der Waals surface area contributed by atoms with Gasteiger partial charge in [0.1, 0.15) is 0 Å². The Bertz CT molecular complexity index is 449. The maximum absolute atomic E-state index is 3.64. The van der Waals surface area contributed by atoms with Gasteiger partial charge in [0.15, 0.2) is 0 Å². The highest BCUT2D eigenvalue weighted by atomic mass is 14.9. The van der Waals surface area contributed by atoms with Crippen molar-refractivity contribution >= 4 is 17.1 Å². The minimum absolute atomic E-state index is 1.22. The minimum atomic E-state index is 1.22. The molecule has 0 unspecified atom stereocenters. The third-order valence-electron chi connectivity index (χ3n) is 2.01. The summed E-state index contributed by atoms with van der Waals surface area (Å²) in [6.45, 7) is 3.64. The van der Waals surface area contributed by atoms with Gasteiger partial charge in [-0.15, -0.1) is 0 Å². The first-order valence-electron chi connectivity index (χ1n) is 4.26. The summed E-state index contributed by atoms with van der Waals surface area (Å²) >= 11 is 0. The van der Waals surface area contributed by atoms with E-state index < -0.39 is 0 Å². The molecule has 0 atom stereocenters. The van der Waals surface area contributed by atoms with E-state index in [2.05, 4.69) is 29.3 Å². The maximum Gasteiger partial charge on any atom is 0.0522 e. The smallest absolute Gasteiger partial charge is 0.0522 e. The van der Waals surface area contributed by atoms with Crippen LogP contribution in [0.3, 0.4) is 0 Å². The molecule has 0 radical (unpaired) electrons. The van der Waals surface area contributed by atoms with Crippen LogP contribution in [-0.2, 0) is 0 Å². The highest BCUT2D eigenvalue weighted by Gasteiger charge is 1.94. The lowest BCUT2D eigenvalue weighted by Gasteiger charge is -1.95.